The van der Waals surface area contributed by atoms with Gasteiger partial charge in [0.1, 0.15) is 36.1 Å². The molecular formula is C20H24O7. The zero-order valence-electron chi connectivity index (χ0n) is 15.4. The third-order valence-electron chi connectivity index (χ3n) is 9.24. The van der Waals surface area contributed by atoms with Crippen molar-refractivity contribution < 1.29 is 34.0 Å². The molecule has 7 nitrogen and oxygen atoms in total. The normalized spacial score (nSPS) is 62.2. The van der Waals surface area contributed by atoms with Gasteiger partial charge in [0.15, 0.2) is 5.60 Å². The maximum absolute atomic E-state index is 12.1. The molecule has 5 fully saturated rings. The van der Waals surface area contributed by atoms with Gasteiger partial charge in [-0.05, 0) is 30.8 Å². The first-order valence-corrected chi connectivity index (χ1v) is 10.1. The molecule has 146 valence electrons. The van der Waals surface area contributed by atoms with Gasteiger partial charge in [-0.25, -0.2) is 4.79 Å². The average Bonchev–Trinajstić information content (AvgIpc) is 3.54. The molecule has 27 heavy (non-hydrogen) atoms. The van der Waals surface area contributed by atoms with Crippen molar-refractivity contribution in [1.82, 2.24) is 0 Å². The highest BCUT2D eigenvalue weighted by Gasteiger charge is 3.00. The van der Waals surface area contributed by atoms with Gasteiger partial charge in [-0.3, -0.25) is 0 Å². The molecule has 4 heterocycles. The summed E-state index contributed by atoms with van der Waals surface area (Å²) in [6, 6.07) is 0. The van der Waals surface area contributed by atoms with E-state index in [4.69, 9.17) is 18.9 Å². The van der Waals surface area contributed by atoms with Gasteiger partial charge in [0.2, 0.25) is 0 Å². The summed E-state index contributed by atoms with van der Waals surface area (Å²) in [4.78, 5) is 12.1. The van der Waals surface area contributed by atoms with Crippen LogP contribution in [0.3, 0.4) is 0 Å². The van der Waals surface area contributed by atoms with Crippen molar-refractivity contribution in [2.24, 2.45) is 17.3 Å². The average molecular weight is 376 g/mol. The fourth-order valence-electron chi connectivity index (χ4n) is 7.73. The molecule has 3 unspecified atom stereocenters. The van der Waals surface area contributed by atoms with Crippen LogP contribution in [0.15, 0.2) is 11.1 Å². The SMILES string of the molecule is C[C@@H](CO)C12O[C@@H]1[C@@H]1O[C@@]13C1(C)CCC4=C(COC4=O)[C@@H]1CC1O[C@]13[C@@H]2O. The van der Waals surface area contributed by atoms with E-state index < -0.39 is 22.9 Å². The second kappa shape index (κ2) is 4.14. The molecule has 2 saturated carbocycles. The monoisotopic (exact) mass is 376 g/mol. The lowest BCUT2D eigenvalue weighted by molar-refractivity contribution is -0.136. The van der Waals surface area contributed by atoms with E-state index in [0.29, 0.717) is 13.0 Å². The predicted octanol–water partition coefficient (Wildman–Crippen LogP) is 0.0755. The van der Waals surface area contributed by atoms with Crippen LogP contribution in [-0.2, 0) is 23.7 Å². The Morgan fingerprint density at radius 1 is 1.26 bits per heavy atom. The first-order chi connectivity index (χ1) is 12.9. The van der Waals surface area contributed by atoms with Crippen LogP contribution in [0.5, 0.6) is 0 Å². The van der Waals surface area contributed by atoms with E-state index in [9.17, 15) is 15.0 Å². The standard InChI is InChI=1S/C20H24O7/c1-8(6-21)18-13(26-18)14-20(27-14)17(2)4-3-9-10(7-24-15(9)22)11(17)5-12-19(20,25-12)16(18)23/h8,11-14,16,21,23H,3-7H2,1-2H3/t8-,11-,12?,13+,14-,16+,17?,18?,19-,20+/m0/s1. The zero-order valence-corrected chi connectivity index (χ0v) is 15.4. The molecule has 0 bridgehead atoms. The first-order valence-electron chi connectivity index (χ1n) is 10.1. The Hall–Kier alpha value is -0.990. The minimum atomic E-state index is -0.810. The molecule has 2 spiro atoms. The molecule has 0 aromatic carbocycles. The fraction of sp³-hybridized carbons (Fsp3) is 0.850. The number of cyclic esters (lactones) is 1. The Labute approximate surface area is 156 Å². The molecule has 3 saturated heterocycles. The number of fused-ring (bicyclic) bond motifs is 4. The highest BCUT2D eigenvalue weighted by Crippen LogP contribution is 2.82. The number of carbonyl (C=O) groups excluding carboxylic acids is 1. The highest BCUT2D eigenvalue weighted by atomic mass is 16.7. The molecule has 4 aliphatic heterocycles. The summed E-state index contributed by atoms with van der Waals surface area (Å²) in [7, 11) is 0. The van der Waals surface area contributed by atoms with Crippen LogP contribution < -0.4 is 0 Å². The van der Waals surface area contributed by atoms with Crippen LogP contribution in [0, 0.1) is 17.3 Å². The van der Waals surface area contributed by atoms with Crippen LogP contribution in [0.4, 0.5) is 0 Å². The van der Waals surface area contributed by atoms with Crippen molar-refractivity contribution in [3.63, 3.8) is 0 Å². The Kier molecular flexibility index (Phi) is 2.43. The summed E-state index contributed by atoms with van der Waals surface area (Å²) in [6.45, 7) is 4.49. The highest BCUT2D eigenvalue weighted by molar-refractivity contribution is 5.92. The summed E-state index contributed by atoms with van der Waals surface area (Å²) in [5, 5.41) is 21.2. The lowest BCUT2D eigenvalue weighted by Gasteiger charge is -2.53. The van der Waals surface area contributed by atoms with Crippen LogP contribution in [0.1, 0.15) is 33.1 Å². The van der Waals surface area contributed by atoms with Crippen molar-refractivity contribution in [1.29, 1.82) is 0 Å². The summed E-state index contributed by atoms with van der Waals surface area (Å²) in [6.07, 6.45) is 1.06. The van der Waals surface area contributed by atoms with Gasteiger partial charge in [0.05, 0.1) is 6.10 Å². The summed E-state index contributed by atoms with van der Waals surface area (Å²) in [5.74, 6) is -0.172. The van der Waals surface area contributed by atoms with E-state index >= 15 is 0 Å². The van der Waals surface area contributed by atoms with Crippen LogP contribution in [0.25, 0.3) is 0 Å². The number of carbonyl (C=O) groups is 1. The second-order valence-electron chi connectivity index (χ2n) is 9.84. The molecule has 2 N–H and O–H groups in total. The van der Waals surface area contributed by atoms with Crippen molar-refractivity contribution in [3.8, 4) is 0 Å². The van der Waals surface area contributed by atoms with Crippen molar-refractivity contribution in [2.45, 2.75) is 74.3 Å². The number of aliphatic hydroxyl groups is 2. The Morgan fingerprint density at radius 3 is 2.85 bits per heavy atom. The fourth-order valence-corrected chi connectivity index (χ4v) is 7.73. The van der Waals surface area contributed by atoms with E-state index in [1.165, 1.54) is 0 Å². The smallest absolute Gasteiger partial charge is 0.334 e. The number of epoxide rings is 3. The lowest BCUT2D eigenvalue weighted by Crippen LogP contribution is -2.69. The van der Waals surface area contributed by atoms with E-state index in [1.807, 2.05) is 6.92 Å². The number of hydrogen-bond acceptors (Lipinski definition) is 7. The maximum atomic E-state index is 12.1. The Balaban J connectivity index is 1.36. The van der Waals surface area contributed by atoms with Crippen LogP contribution in [-0.4, -0.2) is 70.6 Å². The molecule has 0 aromatic heterocycles. The van der Waals surface area contributed by atoms with E-state index in [0.717, 1.165) is 24.0 Å². The number of aliphatic hydroxyl groups excluding tert-OH is 2. The molecule has 10 atom stereocenters. The molecule has 0 amide bonds. The Bertz CT molecular complexity index is 838. The lowest BCUT2D eigenvalue weighted by atomic mass is 9.46. The third kappa shape index (κ3) is 1.30. The van der Waals surface area contributed by atoms with Crippen LogP contribution in [0.2, 0.25) is 0 Å². The summed E-state index contributed by atoms with van der Waals surface area (Å²) in [5.41, 5.74) is -0.338. The third-order valence-corrected chi connectivity index (χ3v) is 9.24. The van der Waals surface area contributed by atoms with Gasteiger partial charge in [-0.1, -0.05) is 13.8 Å². The molecule has 0 radical (unpaired) electrons. The predicted molar refractivity (Wildman–Crippen MR) is 88.5 cm³/mol. The van der Waals surface area contributed by atoms with Gasteiger partial charge >= 0.3 is 5.97 Å². The van der Waals surface area contributed by atoms with Crippen molar-refractivity contribution in [2.75, 3.05) is 13.2 Å². The second-order valence-corrected chi connectivity index (χ2v) is 9.84. The van der Waals surface area contributed by atoms with Gasteiger partial charge in [-0.15, -0.1) is 0 Å². The largest absolute Gasteiger partial charge is 0.458 e. The number of ether oxygens (including phenoxy) is 4. The molecular weight excluding hydrogens is 352 g/mol. The number of hydrogen-bond donors (Lipinski definition) is 2. The molecule has 7 rings (SSSR count). The van der Waals surface area contributed by atoms with E-state index in [2.05, 4.69) is 6.92 Å². The van der Waals surface area contributed by atoms with Crippen molar-refractivity contribution >= 4 is 5.97 Å². The maximum Gasteiger partial charge on any atom is 0.334 e. The van der Waals surface area contributed by atoms with E-state index in [1.54, 1.807) is 0 Å². The number of esters is 1. The number of rotatable bonds is 2. The van der Waals surface area contributed by atoms with Crippen molar-refractivity contribution in [3.05, 3.63) is 11.1 Å². The van der Waals surface area contributed by atoms with Gasteiger partial charge in [0.25, 0.3) is 0 Å². The van der Waals surface area contributed by atoms with Gasteiger partial charge < -0.3 is 29.2 Å². The molecule has 3 aliphatic carbocycles. The van der Waals surface area contributed by atoms with Gasteiger partial charge in [0, 0.05) is 23.5 Å². The molecule has 0 aromatic rings. The zero-order chi connectivity index (χ0) is 18.6. The minimum absolute atomic E-state index is 0.0381. The summed E-state index contributed by atoms with van der Waals surface area (Å²) >= 11 is 0. The topological polar surface area (TPSA) is 104 Å². The Morgan fingerprint density at radius 2 is 2.07 bits per heavy atom. The van der Waals surface area contributed by atoms with Crippen LogP contribution >= 0.6 is 0 Å². The molecule has 7 heteroatoms. The van der Waals surface area contributed by atoms with E-state index in [-0.39, 0.29) is 48.1 Å². The van der Waals surface area contributed by atoms with Gasteiger partial charge in [-0.2, -0.15) is 0 Å². The molecule has 7 aliphatic rings. The minimum Gasteiger partial charge on any atom is -0.458 e. The summed E-state index contributed by atoms with van der Waals surface area (Å²) < 4.78 is 24.2. The quantitative estimate of drug-likeness (QED) is 0.519. The first kappa shape index (κ1) is 15.9.